The van der Waals surface area contributed by atoms with Crippen LogP contribution < -0.4 is 19.6 Å². The molecule has 0 unspecified atom stereocenters. The van der Waals surface area contributed by atoms with Gasteiger partial charge in [0.15, 0.2) is 11.5 Å². The maximum atomic E-state index is 12.4. The van der Waals surface area contributed by atoms with E-state index in [1.54, 1.807) is 36.4 Å². The highest BCUT2D eigenvalue weighted by atomic mass is 16.6. The fraction of sp³-hybridized carbons (Fsp3) is 0.125. The molecule has 0 saturated heterocycles. The van der Waals surface area contributed by atoms with Crippen molar-refractivity contribution in [2.45, 2.75) is 6.92 Å². The van der Waals surface area contributed by atoms with Crippen molar-refractivity contribution in [3.8, 4) is 17.2 Å². The Balaban J connectivity index is 1.65. The summed E-state index contributed by atoms with van der Waals surface area (Å²) in [5.74, 6) is -0.0231. The Hall–Kier alpha value is -4.73. The van der Waals surface area contributed by atoms with E-state index in [1.807, 2.05) is 6.92 Å². The molecule has 0 fully saturated rings. The lowest BCUT2D eigenvalue weighted by Gasteiger charge is -2.10. The van der Waals surface area contributed by atoms with Gasteiger partial charge in [-0.3, -0.25) is 14.9 Å². The van der Waals surface area contributed by atoms with Gasteiger partial charge in [-0.15, -0.1) is 0 Å². The predicted octanol–water partition coefficient (Wildman–Crippen LogP) is 3.99. The molecule has 0 aliphatic heterocycles. The first kappa shape index (κ1) is 23.9. The molecule has 3 aromatic carbocycles. The van der Waals surface area contributed by atoms with E-state index >= 15 is 0 Å². The quantitative estimate of drug-likeness (QED) is 0.167. The Kier molecular flexibility index (Phi) is 7.90. The van der Waals surface area contributed by atoms with Crippen molar-refractivity contribution >= 4 is 23.8 Å². The van der Waals surface area contributed by atoms with Crippen LogP contribution in [-0.4, -0.2) is 36.7 Å². The van der Waals surface area contributed by atoms with Crippen LogP contribution in [0.5, 0.6) is 17.2 Å². The lowest BCUT2D eigenvalue weighted by Crippen LogP contribution is -2.17. The van der Waals surface area contributed by atoms with Gasteiger partial charge in [-0.1, -0.05) is 6.07 Å². The van der Waals surface area contributed by atoms with E-state index in [-0.39, 0.29) is 22.7 Å². The van der Waals surface area contributed by atoms with E-state index in [4.69, 9.17) is 14.2 Å². The minimum Gasteiger partial charge on any atom is -0.494 e. The second-order valence-electron chi connectivity index (χ2n) is 6.76. The number of benzene rings is 3. The largest absolute Gasteiger partial charge is 0.494 e. The summed E-state index contributed by atoms with van der Waals surface area (Å²) in [5.41, 5.74) is 3.10. The van der Waals surface area contributed by atoms with Gasteiger partial charge in [0.05, 0.1) is 30.4 Å². The normalized spacial score (nSPS) is 10.5. The highest BCUT2D eigenvalue weighted by molar-refractivity contribution is 5.95. The predicted molar refractivity (Wildman–Crippen MR) is 124 cm³/mol. The number of rotatable bonds is 9. The van der Waals surface area contributed by atoms with Crippen molar-refractivity contribution in [2.24, 2.45) is 5.10 Å². The third-order valence-electron chi connectivity index (χ3n) is 4.49. The molecule has 0 radical (unpaired) electrons. The number of nitro groups is 1. The summed E-state index contributed by atoms with van der Waals surface area (Å²) >= 11 is 0. The molecule has 0 aromatic heterocycles. The average Bonchev–Trinajstić information content (AvgIpc) is 2.85. The standard InChI is InChI=1S/C24H21N3O7/c1-3-33-20-10-8-17(9-11-20)24(29)34-21-12-7-16(13-22(21)32-2)15-25-26-23(28)18-5-4-6-19(14-18)27(30)31/h4-15H,3H2,1-2H3,(H,26,28). The number of hydrazone groups is 1. The van der Waals surface area contributed by atoms with Gasteiger partial charge in [-0.2, -0.15) is 5.10 Å². The number of nitrogens with zero attached hydrogens (tertiary/aromatic N) is 2. The monoisotopic (exact) mass is 463 g/mol. The van der Waals surface area contributed by atoms with Crippen molar-refractivity contribution in [1.82, 2.24) is 5.43 Å². The molecule has 1 amide bonds. The molecule has 1 N–H and O–H groups in total. The number of hydrogen-bond donors (Lipinski definition) is 1. The van der Waals surface area contributed by atoms with Gasteiger partial charge in [0.25, 0.3) is 11.6 Å². The molecule has 0 aliphatic carbocycles. The summed E-state index contributed by atoms with van der Waals surface area (Å²) in [4.78, 5) is 34.9. The molecule has 10 heteroatoms. The molecule has 0 spiro atoms. The zero-order chi connectivity index (χ0) is 24.5. The number of non-ortho nitro benzene ring substituents is 1. The number of carbonyl (C=O) groups is 2. The van der Waals surface area contributed by atoms with Gasteiger partial charge in [0.2, 0.25) is 0 Å². The van der Waals surface area contributed by atoms with Crippen LogP contribution in [0.3, 0.4) is 0 Å². The minimum absolute atomic E-state index is 0.0977. The first-order chi connectivity index (χ1) is 16.4. The van der Waals surface area contributed by atoms with Crippen molar-refractivity contribution in [3.63, 3.8) is 0 Å². The second-order valence-corrected chi connectivity index (χ2v) is 6.76. The first-order valence-electron chi connectivity index (χ1n) is 10.1. The Morgan fingerprint density at radius 1 is 1.03 bits per heavy atom. The van der Waals surface area contributed by atoms with Gasteiger partial charge in [-0.25, -0.2) is 10.2 Å². The maximum absolute atomic E-state index is 12.4. The van der Waals surface area contributed by atoms with E-state index in [9.17, 15) is 19.7 Å². The molecule has 0 atom stereocenters. The van der Waals surface area contributed by atoms with E-state index in [0.29, 0.717) is 23.5 Å². The van der Waals surface area contributed by atoms with Crippen LogP contribution in [0.25, 0.3) is 0 Å². The third kappa shape index (κ3) is 6.16. The Bertz CT molecular complexity index is 1220. The van der Waals surface area contributed by atoms with Crippen molar-refractivity contribution in [1.29, 1.82) is 0 Å². The second kappa shape index (κ2) is 11.2. The molecular weight excluding hydrogens is 442 g/mol. The van der Waals surface area contributed by atoms with Crippen LogP contribution in [0.15, 0.2) is 71.8 Å². The number of ether oxygens (including phenoxy) is 3. The van der Waals surface area contributed by atoms with Gasteiger partial charge in [0.1, 0.15) is 5.75 Å². The van der Waals surface area contributed by atoms with Crippen molar-refractivity contribution in [3.05, 3.63) is 93.5 Å². The fourth-order valence-corrected chi connectivity index (χ4v) is 2.85. The Labute approximate surface area is 194 Å². The molecule has 0 saturated carbocycles. The molecule has 3 rings (SSSR count). The minimum atomic E-state index is -0.604. The highest BCUT2D eigenvalue weighted by Crippen LogP contribution is 2.28. The summed E-state index contributed by atoms with van der Waals surface area (Å²) in [6, 6.07) is 16.6. The van der Waals surface area contributed by atoms with Gasteiger partial charge >= 0.3 is 5.97 Å². The zero-order valence-electron chi connectivity index (χ0n) is 18.4. The first-order valence-corrected chi connectivity index (χ1v) is 10.1. The molecule has 0 aliphatic rings. The van der Waals surface area contributed by atoms with Crippen LogP contribution in [0, 0.1) is 10.1 Å². The van der Waals surface area contributed by atoms with E-state index in [0.717, 1.165) is 6.07 Å². The molecular formula is C24H21N3O7. The highest BCUT2D eigenvalue weighted by Gasteiger charge is 2.14. The Morgan fingerprint density at radius 2 is 1.79 bits per heavy atom. The van der Waals surface area contributed by atoms with Gasteiger partial charge in [-0.05, 0) is 61.0 Å². The fourth-order valence-electron chi connectivity index (χ4n) is 2.85. The van der Waals surface area contributed by atoms with Crippen LogP contribution in [0.4, 0.5) is 5.69 Å². The molecule has 0 heterocycles. The summed E-state index contributed by atoms with van der Waals surface area (Å²) in [6.45, 7) is 2.39. The van der Waals surface area contributed by atoms with E-state index < -0.39 is 16.8 Å². The molecule has 10 nitrogen and oxygen atoms in total. The maximum Gasteiger partial charge on any atom is 0.343 e. The summed E-state index contributed by atoms with van der Waals surface area (Å²) in [5, 5.41) is 14.7. The van der Waals surface area contributed by atoms with Crippen molar-refractivity contribution < 1.29 is 28.7 Å². The van der Waals surface area contributed by atoms with Crippen molar-refractivity contribution in [2.75, 3.05) is 13.7 Å². The van der Waals surface area contributed by atoms with Crippen LogP contribution in [-0.2, 0) is 0 Å². The third-order valence-corrected chi connectivity index (χ3v) is 4.49. The Morgan fingerprint density at radius 3 is 2.47 bits per heavy atom. The molecule has 3 aromatic rings. The number of esters is 1. The van der Waals surface area contributed by atoms with Gasteiger partial charge in [0, 0.05) is 17.7 Å². The average molecular weight is 463 g/mol. The smallest absolute Gasteiger partial charge is 0.343 e. The number of hydrogen-bond acceptors (Lipinski definition) is 8. The number of nitrogens with one attached hydrogen (secondary N) is 1. The van der Waals surface area contributed by atoms with Gasteiger partial charge < -0.3 is 14.2 Å². The lowest BCUT2D eigenvalue weighted by molar-refractivity contribution is -0.384. The molecule has 174 valence electrons. The summed E-state index contributed by atoms with van der Waals surface area (Å²) in [6.07, 6.45) is 1.36. The van der Waals surface area contributed by atoms with Crippen LogP contribution in [0.1, 0.15) is 33.2 Å². The van der Waals surface area contributed by atoms with E-state index in [2.05, 4.69) is 10.5 Å². The van der Waals surface area contributed by atoms with Crippen LogP contribution in [0.2, 0.25) is 0 Å². The number of nitro benzene ring substituents is 1. The SMILES string of the molecule is CCOc1ccc(C(=O)Oc2ccc(C=NNC(=O)c3cccc([N+](=O)[O-])c3)cc2OC)cc1. The summed E-state index contributed by atoms with van der Waals surface area (Å²) in [7, 11) is 1.43. The zero-order valence-corrected chi connectivity index (χ0v) is 18.4. The number of methoxy groups -OCH3 is 1. The van der Waals surface area contributed by atoms with E-state index in [1.165, 1.54) is 37.6 Å². The lowest BCUT2D eigenvalue weighted by atomic mass is 10.2. The number of carbonyl (C=O) groups excluding carboxylic acids is 2. The molecule has 34 heavy (non-hydrogen) atoms. The summed E-state index contributed by atoms with van der Waals surface area (Å²) < 4.78 is 16.1. The topological polar surface area (TPSA) is 129 Å². The van der Waals surface area contributed by atoms with Crippen LogP contribution >= 0.6 is 0 Å². The molecule has 0 bridgehead atoms. The number of amides is 1.